The summed E-state index contributed by atoms with van der Waals surface area (Å²) < 4.78 is 17.7. The van der Waals surface area contributed by atoms with Crippen LogP contribution < -0.4 is 0 Å². The van der Waals surface area contributed by atoms with Gasteiger partial charge in [0.15, 0.2) is 0 Å². The molecule has 0 radical (unpaired) electrons. The van der Waals surface area contributed by atoms with Crippen LogP contribution in [0, 0.1) is 0 Å². The SMILES string of the molecule is CCCCCOC1C=COC(CC)C1OCCCCC. The molecule has 0 aromatic carbocycles. The predicted octanol–water partition coefficient (Wildman–Crippen LogP) is 4.46. The second-order valence-electron chi connectivity index (χ2n) is 5.50. The molecule has 0 spiro atoms. The molecule has 0 aromatic heterocycles. The lowest BCUT2D eigenvalue weighted by Gasteiger charge is -2.34. The molecule has 3 heteroatoms. The number of hydrogen-bond acceptors (Lipinski definition) is 3. The fraction of sp³-hybridized carbons (Fsp3) is 0.882. The second kappa shape index (κ2) is 11.2. The maximum atomic E-state index is 6.06. The molecular weight excluding hydrogens is 252 g/mol. The van der Waals surface area contributed by atoms with Crippen LogP contribution in [0.25, 0.3) is 0 Å². The molecule has 3 atom stereocenters. The zero-order valence-electron chi connectivity index (χ0n) is 13.5. The molecule has 118 valence electrons. The van der Waals surface area contributed by atoms with Crippen molar-refractivity contribution in [2.24, 2.45) is 0 Å². The van der Waals surface area contributed by atoms with Crippen LogP contribution in [-0.2, 0) is 14.2 Å². The van der Waals surface area contributed by atoms with Crippen molar-refractivity contribution >= 4 is 0 Å². The fourth-order valence-corrected chi connectivity index (χ4v) is 2.45. The van der Waals surface area contributed by atoms with Gasteiger partial charge in [0.25, 0.3) is 0 Å². The van der Waals surface area contributed by atoms with Gasteiger partial charge in [-0.2, -0.15) is 0 Å². The van der Waals surface area contributed by atoms with E-state index in [2.05, 4.69) is 20.8 Å². The quantitative estimate of drug-likeness (QED) is 0.524. The van der Waals surface area contributed by atoms with Crippen molar-refractivity contribution in [2.75, 3.05) is 13.2 Å². The maximum absolute atomic E-state index is 6.06. The van der Waals surface area contributed by atoms with E-state index >= 15 is 0 Å². The standard InChI is InChI=1S/C17H32O3/c1-4-7-9-12-18-16-11-14-19-15(6-3)17(16)20-13-10-8-5-2/h11,14-17H,4-10,12-13H2,1-3H3. The highest BCUT2D eigenvalue weighted by atomic mass is 16.6. The van der Waals surface area contributed by atoms with Crippen LogP contribution >= 0.6 is 0 Å². The van der Waals surface area contributed by atoms with Gasteiger partial charge in [0, 0.05) is 13.2 Å². The lowest BCUT2D eigenvalue weighted by atomic mass is 10.0. The first kappa shape index (κ1) is 17.5. The fourth-order valence-electron chi connectivity index (χ4n) is 2.45. The summed E-state index contributed by atoms with van der Waals surface area (Å²) in [5, 5.41) is 0. The van der Waals surface area contributed by atoms with E-state index in [1.807, 2.05) is 6.08 Å². The molecule has 1 rings (SSSR count). The van der Waals surface area contributed by atoms with Gasteiger partial charge < -0.3 is 14.2 Å². The van der Waals surface area contributed by atoms with E-state index in [9.17, 15) is 0 Å². The molecule has 0 bridgehead atoms. The Bertz CT molecular complexity index is 253. The Hall–Kier alpha value is -0.540. The van der Waals surface area contributed by atoms with Gasteiger partial charge in [-0.3, -0.25) is 0 Å². The first-order chi connectivity index (χ1) is 9.83. The number of ether oxygens (including phenoxy) is 3. The van der Waals surface area contributed by atoms with Crippen molar-refractivity contribution in [3.8, 4) is 0 Å². The van der Waals surface area contributed by atoms with E-state index in [0.717, 1.165) is 32.5 Å². The maximum Gasteiger partial charge on any atom is 0.126 e. The summed E-state index contributed by atoms with van der Waals surface area (Å²) in [7, 11) is 0. The molecular formula is C17H32O3. The molecule has 0 saturated carbocycles. The average Bonchev–Trinajstić information content (AvgIpc) is 2.48. The molecule has 3 nitrogen and oxygen atoms in total. The molecule has 1 aliphatic rings. The largest absolute Gasteiger partial charge is 0.495 e. The van der Waals surface area contributed by atoms with Gasteiger partial charge in [-0.15, -0.1) is 0 Å². The van der Waals surface area contributed by atoms with Gasteiger partial charge in [0.05, 0.1) is 6.26 Å². The Morgan fingerprint density at radius 2 is 1.55 bits per heavy atom. The molecule has 1 aliphatic heterocycles. The highest BCUT2D eigenvalue weighted by Gasteiger charge is 2.32. The van der Waals surface area contributed by atoms with Crippen molar-refractivity contribution in [1.29, 1.82) is 0 Å². The second-order valence-corrected chi connectivity index (χ2v) is 5.50. The molecule has 1 heterocycles. The van der Waals surface area contributed by atoms with E-state index in [1.165, 1.54) is 25.7 Å². The Labute approximate surface area is 124 Å². The summed E-state index contributed by atoms with van der Waals surface area (Å²) in [4.78, 5) is 0. The van der Waals surface area contributed by atoms with Gasteiger partial charge in [-0.05, 0) is 25.3 Å². The van der Waals surface area contributed by atoms with Gasteiger partial charge in [0.2, 0.25) is 0 Å². The summed E-state index contributed by atoms with van der Waals surface area (Å²) >= 11 is 0. The Balaban J connectivity index is 2.40. The lowest BCUT2D eigenvalue weighted by molar-refractivity contribution is -0.122. The van der Waals surface area contributed by atoms with Gasteiger partial charge >= 0.3 is 0 Å². The highest BCUT2D eigenvalue weighted by Crippen LogP contribution is 2.21. The van der Waals surface area contributed by atoms with Crippen molar-refractivity contribution in [3.63, 3.8) is 0 Å². The first-order valence-electron chi connectivity index (χ1n) is 8.38. The topological polar surface area (TPSA) is 27.7 Å². The van der Waals surface area contributed by atoms with Crippen LogP contribution in [-0.4, -0.2) is 31.5 Å². The monoisotopic (exact) mass is 284 g/mol. The van der Waals surface area contributed by atoms with Crippen molar-refractivity contribution in [1.82, 2.24) is 0 Å². The first-order valence-corrected chi connectivity index (χ1v) is 8.38. The van der Waals surface area contributed by atoms with Crippen LogP contribution in [0.15, 0.2) is 12.3 Å². The molecule has 0 N–H and O–H groups in total. The number of rotatable bonds is 11. The smallest absolute Gasteiger partial charge is 0.126 e. The Kier molecular flexibility index (Phi) is 9.77. The molecule has 0 amide bonds. The van der Waals surface area contributed by atoms with Crippen LogP contribution in [0.1, 0.15) is 65.7 Å². The van der Waals surface area contributed by atoms with E-state index in [4.69, 9.17) is 14.2 Å². The summed E-state index contributed by atoms with van der Waals surface area (Å²) in [6, 6.07) is 0. The molecule has 0 aromatic rings. The summed E-state index contributed by atoms with van der Waals surface area (Å²) in [6.45, 7) is 8.18. The van der Waals surface area contributed by atoms with Crippen LogP contribution in [0.5, 0.6) is 0 Å². The van der Waals surface area contributed by atoms with Crippen LogP contribution in [0.2, 0.25) is 0 Å². The van der Waals surface area contributed by atoms with Gasteiger partial charge in [-0.1, -0.05) is 46.5 Å². The highest BCUT2D eigenvalue weighted by molar-refractivity contribution is 4.98. The van der Waals surface area contributed by atoms with E-state index in [0.29, 0.717) is 0 Å². The zero-order chi connectivity index (χ0) is 14.6. The third-order valence-corrected chi connectivity index (χ3v) is 3.73. The van der Waals surface area contributed by atoms with Crippen molar-refractivity contribution in [2.45, 2.75) is 84.0 Å². The molecule has 0 fully saturated rings. The van der Waals surface area contributed by atoms with Crippen LogP contribution in [0.3, 0.4) is 0 Å². The molecule has 0 saturated heterocycles. The lowest BCUT2D eigenvalue weighted by Crippen LogP contribution is -2.43. The molecule has 0 aliphatic carbocycles. The number of unbranched alkanes of at least 4 members (excludes halogenated alkanes) is 4. The van der Waals surface area contributed by atoms with E-state index in [-0.39, 0.29) is 18.3 Å². The van der Waals surface area contributed by atoms with Gasteiger partial charge in [-0.25, -0.2) is 0 Å². The Morgan fingerprint density at radius 3 is 2.15 bits per heavy atom. The molecule has 20 heavy (non-hydrogen) atoms. The number of hydrogen-bond donors (Lipinski definition) is 0. The van der Waals surface area contributed by atoms with Gasteiger partial charge in [0.1, 0.15) is 18.3 Å². The Morgan fingerprint density at radius 1 is 0.900 bits per heavy atom. The normalized spacial score (nSPS) is 25.6. The van der Waals surface area contributed by atoms with Crippen molar-refractivity contribution in [3.05, 3.63) is 12.3 Å². The minimum absolute atomic E-state index is 0.0449. The van der Waals surface area contributed by atoms with Crippen LogP contribution in [0.4, 0.5) is 0 Å². The summed E-state index contributed by atoms with van der Waals surface area (Å²) in [5.74, 6) is 0. The van der Waals surface area contributed by atoms with E-state index < -0.39 is 0 Å². The third kappa shape index (κ3) is 6.27. The minimum Gasteiger partial charge on any atom is -0.495 e. The zero-order valence-corrected chi connectivity index (χ0v) is 13.5. The third-order valence-electron chi connectivity index (χ3n) is 3.73. The average molecular weight is 284 g/mol. The minimum atomic E-state index is 0.0449. The molecule has 3 unspecified atom stereocenters. The predicted molar refractivity (Wildman–Crippen MR) is 82.8 cm³/mol. The van der Waals surface area contributed by atoms with E-state index in [1.54, 1.807) is 6.26 Å². The summed E-state index contributed by atoms with van der Waals surface area (Å²) in [5.41, 5.74) is 0. The van der Waals surface area contributed by atoms with Crippen molar-refractivity contribution < 1.29 is 14.2 Å². The summed E-state index contributed by atoms with van der Waals surface area (Å²) in [6.07, 6.45) is 12.1.